The second kappa shape index (κ2) is 8.27. The predicted molar refractivity (Wildman–Crippen MR) is 145 cm³/mol. The van der Waals surface area contributed by atoms with Gasteiger partial charge in [0.05, 0.1) is 5.41 Å². The minimum Gasteiger partial charge on any atom is -0.350 e. The van der Waals surface area contributed by atoms with Crippen LogP contribution >= 0.6 is 11.6 Å². The minimum atomic E-state index is -0.0181. The largest absolute Gasteiger partial charge is 0.350 e. The summed E-state index contributed by atoms with van der Waals surface area (Å²) in [5.74, 6) is 0. The van der Waals surface area contributed by atoms with Gasteiger partial charge in [-0.3, -0.25) is 0 Å². The lowest BCUT2D eigenvalue weighted by Gasteiger charge is -2.25. The zero-order valence-corrected chi connectivity index (χ0v) is 22.1. The molecule has 1 aromatic rings. The summed E-state index contributed by atoms with van der Waals surface area (Å²) in [6.07, 6.45) is 18.0. The van der Waals surface area contributed by atoms with Crippen LogP contribution in [0, 0.1) is 5.41 Å². The molecule has 2 heterocycles. The average molecular weight is 472 g/mol. The molecule has 3 heteroatoms. The Kier molecular flexibility index (Phi) is 5.64. The van der Waals surface area contributed by atoms with Crippen LogP contribution < -0.4 is 0 Å². The summed E-state index contributed by atoms with van der Waals surface area (Å²) in [7, 11) is 4.38. The summed E-state index contributed by atoms with van der Waals surface area (Å²) in [5, 5.41) is 0.917. The molecule has 0 aromatic heterocycles. The third-order valence-corrected chi connectivity index (χ3v) is 8.76. The molecule has 0 fully saturated rings. The van der Waals surface area contributed by atoms with E-state index in [1.54, 1.807) is 0 Å². The Balaban J connectivity index is 1.41. The van der Waals surface area contributed by atoms with Crippen molar-refractivity contribution < 1.29 is 4.58 Å². The molecule has 0 radical (unpaired) electrons. The van der Waals surface area contributed by atoms with Gasteiger partial charge in [0, 0.05) is 46.6 Å². The molecule has 0 N–H and O–H groups in total. The van der Waals surface area contributed by atoms with Gasteiger partial charge in [-0.15, -0.1) is 0 Å². The van der Waals surface area contributed by atoms with Crippen molar-refractivity contribution >= 4 is 23.0 Å². The molecule has 1 aromatic carbocycles. The summed E-state index contributed by atoms with van der Waals surface area (Å²) in [6, 6.07) is 8.70. The van der Waals surface area contributed by atoms with E-state index in [1.165, 1.54) is 45.1 Å². The van der Waals surface area contributed by atoms with Gasteiger partial charge in [0.15, 0.2) is 5.71 Å². The molecule has 0 saturated heterocycles. The molecule has 0 unspecified atom stereocenters. The number of hydrogen-bond acceptors (Lipinski definition) is 1. The Morgan fingerprint density at radius 2 is 1.74 bits per heavy atom. The molecule has 0 bridgehead atoms. The molecular weight excluding hydrogens is 436 g/mol. The molecule has 176 valence electrons. The van der Waals surface area contributed by atoms with E-state index in [-0.39, 0.29) is 10.8 Å². The van der Waals surface area contributed by atoms with Crippen LogP contribution in [0.25, 0.3) is 0 Å². The molecule has 5 rings (SSSR count). The van der Waals surface area contributed by atoms with Crippen molar-refractivity contribution in [3.8, 4) is 0 Å². The van der Waals surface area contributed by atoms with Crippen LogP contribution in [0.1, 0.15) is 58.9 Å². The van der Waals surface area contributed by atoms with E-state index in [4.69, 9.17) is 11.6 Å². The van der Waals surface area contributed by atoms with E-state index < -0.39 is 0 Å². The SMILES string of the molecule is CN1C2=C(C=CCC2)C(C)(C)/C1=C\C=C1/CCC(/C=C/C2=[N+](C)c3ccccc3C2(C)C)=C1Cl. The van der Waals surface area contributed by atoms with Crippen LogP contribution in [-0.2, 0) is 5.41 Å². The Hall–Kier alpha value is -2.58. The fourth-order valence-corrected chi connectivity index (χ4v) is 6.58. The van der Waals surface area contributed by atoms with Crippen LogP contribution in [0.15, 0.2) is 93.9 Å². The number of nitrogens with zero attached hydrogens (tertiary/aromatic N) is 2. The first-order valence-electron chi connectivity index (χ1n) is 12.5. The van der Waals surface area contributed by atoms with E-state index in [9.17, 15) is 0 Å². The molecule has 2 aliphatic carbocycles. The standard InChI is InChI=1S/C31H36ClN2/c1-30(2)23-11-7-9-13-25(23)33(5)27(30)19-17-21-15-16-22(29(21)32)18-20-28-31(3,4)24-12-8-10-14-26(24)34(28)6/h7-9,11-13,17-20H,10,14-16H2,1-6H3/q+1. The highest BCUT2D eigenvalue weighted by molar-refractivity contribution is 6.33. The van der Waals surface area contributed by atoms with E-state index in [2.05, 4.69) is 112 Å². The minimum absolute atomic E-state index is 0.0181. The second-order valence-corrected chi connectivity index (χ2v) is 11.4. The van der Waals surface area contributed by atoms with Gasteiger partial charge in [-0.05, 0) is 62.3 Å². The molecular formula is C31H36ClN2+. The Bertz CT molecular complexity index is 1270. The molecule has 2 nitrogen and oxygen atoms in total. The summed E-state index contributed by atoms with van der Waals surface area (Å²) in [5.41, 5.74) is 10.8. The third-order valence-electron chi connectivity index (χ3n) is 8.28. The maximum Gasteiger partial charge on any atom is 0.209 e. The highest BCUT2D eigenvalue weighted by Crippen LogP contribution is 2.49. The fourth-order valence-electron chi connectivity index (χ4n) is 6.26. The first-order chi connectivity index (χ1) is 16.1. The van der Waals surface area contributed by atoms with Gasteiger partial charge in [0.2, 0.25) is 5.69 Å². The Labute approximate surface area is 210 Å². The van der Waals surface area contributed by atoms with E-state index in [0.717, 1.165) is 30.7 Å². The second-order valence-electron chi connectivity index (χ2n) is 11.0. The molecule has 4 aliphatic rings. The van der Waals surface area contributed by atoms with E-state index in [0.29, 0.717) is 0 Å². The molecule has 0 saturated carbocycles. The quantitative estimate of drug-likeness (QED) is 0.405. The monoisotopic (exact) mass is 471 g/mol. The Morgan fingerprint density at radius 1 is 0.971 bits per heavy atom. The number of allylic oxidation sites excluding steroid dienone is 11. The van der Waals surface area contributed by atoms with Crippen molar-refractivity contribution in [2.24, 2.45) is 5.41 Å². The van der Waals surface area contributed by atoms with Crippen molar-refractivity contribution in [3.63, 3.8) is 0 Å². The summed E-state index contributed by atoms with van der Waals surface area (Å²) in [4.78, 5) is 2.40. The van der Waals surface area contributed by atoms with Crippen LogP contribution in [0.3, 0.4) is 0 Å². The zero-order chi connectivity index (χ0) is 24.3. The zero-order valence-electron chi connectivity index (χ0n) is 21.4. The number of rotatable bonds is 3. The predicted octanol–water partition coefficient (Wildman–Crippen LogP) is 7.92. The smallest absolute Gasteiger partial charge is 0.209 e. The summed E-state index contributed by atoms with van der Waals surface area (Å²) in [6.45, 7) is 9.28. The fraction of sp³-hybridized carbons (Fsp3) is 0.387. The lowest BCUT2D eigenvalue weighted by Crippen LogP contribution is -2.26. The lowest BCUT2D eigenvalue weighted by atomic mass is 9.81. The highest BCUT2D eigenvalue weighted by Gasteiger charge is 2.43. The average Bonchev–Trinajstić information content (AvgIpc) is 3.33. The van der Waals surface area contributed by atoms with Gasteiger partial charge < -0.3 is 4.90 Å². The van der Waals surface area contributed by atoms with Crippen LogP contribution in [0.2, 0.25) is 0 Å². The van der Waals surface area contributed by atoms with Gasteiger partial charge >= 0.3 is 0 Å². The first kappa shape index (κ1) is 23.2. The number of hydrogen-bond donors (Lipinski definition) is 0. The van der Waals surface area contributed by atoms with Gasteiger partial charge in [0.25, 0.3) is 0 Å². The summed E-state index contributed by atoms with van der Waals surface area (Å²) >= 11 is 6.91. The Morgan fingerprint density at radius 3 is 2.47 bits per heavy atom. The number of halogens is 1. The molecule has 34 heavy (non-hydrogen) atoms. The van der Waals surface area contributed by atoms with Crippen LogP contribution in [0.4, 0.5) is 5.69 Å². The number of para-hydroxylation sites is 1. The van der Waals surface area contributed by atoms with Crippen molar-refractivity contribution in [1.29, 1.82) is 0 Å². The van der Waals surface area contributed by atoms with Crippen LogP contribution in [-0.4, -0.2) is 29.3 Å². The molecule has 0 amide bonds. The molecule has 0 atom stereocenters. The maximum atomic E-state index is 6.91. The van der Waals surface area contributed by atoms with Gasteiger partial charge in [-0.2, -0.15) is 4.58 Å². The van der Waals surface area contributed by atoms with Gasteiger partial charge in [-0.1, -0.05) is 68.0 Å². The number of fused-ring (bicyclic) bond motifs is 1. The van der Waals surface area contributed by atoms with Gasteiger partial charge in [0.1, 0.15) is 7.05 Å². The van der Waals surface area contributed by atoms with Crippen molar-refractivity contribution in [2.75, 3.05) is 14.1 Å². The molecule has 2 aliphatic heterocycles. The topological polar surface area (TPSA) is 6.25 Å². The summed E-state index contributed by atoms with van der Waals surface area (Å²) < 4.78 is 2.32. The first-order valence-corrected chi connectivity index (χ1v) is 12.8. The normalized spacial score (nSPS) is 25.6. The van der Waals surface area contributed by atoms with Crippen molar-refractivity contribution in [3.05, 3.63) is 99.4 Å². The van der Waals surface area contributed by atoms with Crippen molar-refractivity contribution in [1.82, 2.24) is 4.90 Å². The lowest BCUT2D eigenvalue weighted by molar-refractivity contribution is -0.401. The van der Waals surface area contributed by atoms with Gasteiger partial charge in [-0.25, -0.2) is 0 Å². The van der Waals surface area contributed by atoms with Crippen molar-refractivity contribution in [2.45, 2.75) is 58.8 Å². The van der Waals surface area contributed by atoms with Crippen LogP contribution in [0.5, 0.6) is 0 Å². The third kappa shape index (κ3) is 3.50. The highest BCUT2D eigenvalue weighted by atomic mass is 35.5. The van der Waals surface area contributed by atoms with E-state index in [1.807, 2.05) is 0 Å². The molecule has 0 spiro atoms. The number of benzene rings is 1. The van der Waals surface area contributed by atoms with E-state index >= 15 is 0 Å². The maximum absolute atomic E-state index is 6.91.